The quantitative estimate of drug-likeness (QED) is 0.853. The number of carbonyl (C=O) groups is 1. The lowest BCUT2D eigenvalue weighted by molar-refractivity contribution is -0.138. The molecule has 0 saturated carbocycles. The van der Waals surface area contributed by atoms with Gasteiger partial charge in [-0.05, 0) is 49.9 Å². The van der Waals surface area contributed by atoms with Crippen LogP contribution >= 0.6 is 0 Å². The zero-order valence-electron chi connectivity index (χ0n) is 15.4. The molecule has 2 aliphatic heterocycles. The number of carbonyl (C=O) groups excluding carboxylic acids is 1. The van der Waals surface area contributed by atoms with Crippen molar-refractivity contribution in [2.75, 3.05) is 24.5 Å². The van der Waals surface area contributed by atoms with E-state index < -0.39 is 0 Å². The summed E-state index contributed by atoms with van der Waals surface area (Å²) in [5.41, 5.74) is 3.67. The minimum Gasteiger partial charge on any atom is -0.371 e. The van der Waals surface area contributed by atoms with Crippen molar-refractivity contribution in [2.45, 2.75) is 39.2 Å². The number of hydrogen-bond donors (Lipinski definition) is 0. The maximum atomic E-state index is 12.5. The molecular weight excluding hydrogens is 324 g/mol. The van der Waals surface area contributed by atoms with Gasteiger partial charge in [0.05, 0.1) is 12.2 Å². The molecule has 0 bridgehead atoms. The van der Waals surface area contributed by atoms with E-state index >= 15 is 0 Å². The average Bonchev–Trinajstić information content (AvgIpc) is 2.66. The van der Waals surface area contributed by atoms with Gasteiger partial charge in [0.25, 0.3) is 0 Å². The highest BCUT2D eigenvalue weighted by atomic mass is 16.2. The van der Waals surface area contributed by atoms with Crippen LogP contribution in [-0.2, 0) is 11.3 Å². The molecule has 136 valence electrons. The first kappa shape index (κ1) is 17.0. The molecule has 1 amide bonds. The predicted octanol–water partition coefficient (Wildman–Crippen LogP) is 3.19. The lowest BCUT2D eigenvalue weighted by atomic mass is 9.73. The Morgan fingerprint density at radius 2 is 2.08 bits per heavy atom. The molecule has 2 aromatic rings. The number of aromatic nitrogens is 2. The van der Waals surface area contributed by atoms with Crippen LogP contribution in [-0.4, -0.2) is 40.4 Å². The first-order valence-electron chi connectivity index (χ1n) is 9.49. The van der Waals surface area contributed by atoms with Gasteiger partial charge in [0.2, 0.25) is 5.91 Å². The monoisotopic (exact) mass is 350 g/mol. The summed E-state index contributed by atoms with van der Waals surface area (Å²) in [6.45, 7) is 5.69. The van der Waals surface area contributed by atoms with Gasteiger partial charge in [0, 0.05) is 55.7 Å². The van der Waals surface area contributed by atoms with Crippen molar-refractivity contribution >= 4 is 11.6 Å². The fourth-order valence-electron chi connectivity index (χ4n) is 4.50. The molecule has 0 aliphatic carbocycles. The molecule has 26 heavy (non-hydrogen) atoms. The number of pyridine rings is 2. The Balaban J connectivity index is 1.52. The van der Waals surface area contributed by atoms with Crippen molar-refractivity contribution in [1.82, 2.24) is 14.9 Å². The van der Waals surface area contributed by atoms with Gasteiger partial charge in [-0.15, -0.1) is 0 Å². The Hall–Kier alpha value is -2.43. The van der Waals surface area contributed by atoms with E-state index in [1.807, 2.05) is 35.5 Å². The molecule has 0 aromatic carbocycles. The first-order chi connectivity index (χ1) is 12.7. The molecule has 0 N–H and O–H groups in total. The van der Waals surface area contributed by atoms with Crippen LogP contribution < -0.4 is 4.90 Å². The fraction of sp³-hybridized carbons (Fsp3) is 0.476. The van der Waals surface area contributed by atoms with E-state index in [0.717, 1.165) is 31.7 Å². The number of piperidine rings is 2. The fourth-order valence-corrected chi connectivity index (χ4v) is 4.50. The highest BCUT2D eigenvalue weighted by Crippen LogP contribution is 2.40. The van der Waals surface area contributed by atoms with Crippen molar-refractivity contribution in [3.05, 3.63) is 54.1 Å². The number of amides is 1. The Bertz CT molecular complexity index is 779. The first-order valence-corrected chi connectivity index (χ1v) is 9.49. The molecule has 0 unspecified atom stereocenters. The number of aryl methyl sites for hydroxylation is 1. The summed E-state index contributed by atoms with van der Waals surface area (Å²) >= 11 is 0. The van der Waals surface area contributed by atoms with Gasteiger partial charge in [-0.25, -0.2) is 0 Å². The molecule has 5 heteroatoms. The van der Waals surface area contributed by atoms with Crippen LogP contribution in [0.15, 0.2) is 42.9 Å². The molecule has 2 aliphatic rings. The van der Waals surface area contributed by atoms with Crippen LogP contribution in [0.25, 0.3) is 0 Å². The molecule has 2 aromatic heterocycles. The largest absolute Gasteiger partial charge is 0.371 e. The second-order valence-electron chi connectivity index (χ2n) is 7.76. The van der Waals surface area contributed by atoms with Crippen LogP contribution in [0.5, 0.6) is 0 Å². The van der Waals surface area contributed by atoms with Crippen molar-refractivity contribution in [2.24, 2.45) is 5.41 Å². The van der Waals surface area contributed by atoms with Gasteiger partial charge in [0.15, 0.2) is 0 Å². The normalized spacial score (nSPS) is 23.5. The molecule has 2 saturated heterocycles. The second-order valence-corrected chi connectivity index (χ2v) is 7.76. The highest BCUT2D eigenvalue weighted by molar-refractivity contribution is 5.77. The number of anilines is 1. The summed E-state index contributed by atoms with van der Waals surface area (Å²) in [5, 5.41) is 0. The van der Waals surface area contributed by atoms with Crippen LogP contribution in [0, 0.1) is 12.3 Å². The standard InChI is InChI=1S/C21H26N4O/c1-17-13-22-11-7-19(17)24-12-4-8-21(15-24)9-6-20(26)25(16-21)14-18-5-2-3-10-23-18/h2-3,5,7,10-11,13H,4,6,8-9,12,14-16H2,1H3/t21-/m1/s1. The van der Waals surface area contributed by atoms with Crippen LogP contribution in [0.1, 0.15) is 36.9 Å². The molecule has 4 rings (SSSR count). The van der Waals surface area contributed by atoms with Crippen molar-refractivity contribution < 1.29 is 4.79 Å². The topological polar surface area (TPSA) is 49.3 Å². The summed E-state index contributed by atoms with van der Waals surface area (Å²) in [5.74, 6) is 0.262. The summed E-state index contributed by atoms with van der Waals surface area (Å²) in [7, 11) is 0. The molecular formula is C21H26N4O. The van der Waals surface area contributed by atoms with E-state index in [-0.39, 0.29) is 11.3 Å². The molecule has 5 nitrogen and oxygen atoms in total. The number of likely N-dealkylation sites (tertiary alicyclic amines) is 1. The maximum absolute atomic E-state index is 12.5. The van der Waals surface area contributed by atoms with Crippen LogP contribution in [0.4, 0.5) is 5.69 Å². The van der Waals surface area contributed by atoms with E-state index in [0.29, 0.717) is 13.0 Å². The van der Waals surface area contributed by atoms with Crippen molar-refractivity contribution in [3.8, 4) is 0 Å². The molecule has 0 radical (unpaired) electrons. The van der Waals surface area contributed by atoms with Gasteiger partial charge >= 0.3 is 0 Å². The smallest absolute Gasteiger partial charge is 0.222 e. The zero-order chi connectivity index (χ0) is 18.0. The third kappa shape index (κ3) is 3.43. The van der Waals surface area contributed by atoms with Crippen molar-refractivity contribution in [1.29, 1.82) is 0 Å². The molecule has 4 heterocycles. The van der Waals surface area contributed by atoms with Gasteiger partial charge in [-0.1, -0.05) is 6.07 Å². The lowest BCUT2D eigenvalue weighted by Gasteiger charge is -2.49. The Kier molecular flexibility index (Phi) is 4.62. The van der Waals surface area contributed by atoms with Gasteiger partial charge in [-0.3, -0.25) is 14.8 Å². The highest BCUT2D eigenvalue weighted by Gasteiger charge is 2.42. The summed E-state index contributed by atoms with van der Waals surface area (Å²) < 4.78 is 0. The van der Waals surface area contributed by atoms with Crippen molar-refractivity contribution in [3.63, 3.8) is 0 Å². The minimum atomic E-state index is 0.191. The van der Waals surface area contributed by atoms with Gasteiger partial charge in [0.1, 0.15) is 0 Å². The number of rotatable bonds is 3. The average molecular weight is 350 g/mol. The number of hydrogen-bond acceptors (Lipinski definition) is 4. The SMILES string of the molecule is Cc1cnccc1N1CCC[C@@]2(CCC(=O)N(Cc3ccccn3)C2)C1. The number of nitrogens with zero attached hydrogens (tertiary/aromatic N) is 4. The third-order valence-electron chi connectivity index (χ3n) is 5.82. The molecule has 1 spiro atoms. The van der Waals surface area contributed by atoms with E-state index in [4.69, 9.17) is 0 Å². The summed E-state index contributed by atoms with van der Waals surface area (Å²) in [6.07, 6.45) is 9.62. The lowest BCUT2D eigenvalue weighted by Crippen LogP contribution is -2.54. The summed E-state index contributed by atoms with van der Waals surface area (Å²) in [4.78, 5) is 25.7. The van der Waals surface area contributed by atoms with Crippen LogP contribution in [0.3, 0.4) is 0 Å². The summed E-state index contributed by atoms with van der Waals surface area (Å²) in [6, 6.07) is 8.02. The maximum Gasteiger partial charge on any atom is 0.222 e. The van der Waals surface area contributed by atoms with E-state index in [2.05, 4.69) is 27.9 Å². The predicted molar refractivity (Wildman–Crippen MR) is 102 cm³/mol. The Morgan fingerprint density at radius 1 is 1.15 bits per heavy atom. The molecule has 1 atom stereocenters. The van der Waals surface area contributed by atoms with E-state index in [1.54, 1.807) is 6.20 Å². The van der Waals surface area contributed by atoms with Gasteiger partial charge in [-0.2, -0.15) is 0 Å². The van der Waals surface area contributed by atoms with E-state index in [1.165, 1.54) is 24.1 Å². The Morgan fingerprint density at radius 3 is 2.88 bits per heavy atom. The minimum absolute atomic E-state index is 0.191. The van der Waals surface area contributed by atoms with E-state index in [9.17, 15) is 4.79 Å². The third-order valence-corrected chi connectivity index (χ3v) is 5.82. The van der Waals surface area contributed by atoms with Crippen LogP contribution in [0.2, 0.25) is 0 Å². The van der Waals surface area contributed by atoms with Gasteiger partial charge < -0.3 is 9.80 Å². The zero-order valence-corrected chi connectivity index (χ0v) is 15.4. The second kappa shape index (κ2) is 7.06. The molecule has 2 fully saturated rings. The Labute approximate surface area is 155 Å².